The second-order valence-corrected chi connectivity index (χ2v) is 6.70. The summed E-state index contributed by atoms with van der Waals surface area (Å²) in [5.74, 6) is 1.42. The number of piperazine rings is 1. The van der Waals surface area contributed by atoms with Gasteiger partial charge in [-0.1, -0.05) is 11.3 Å². The first kappa shape index (κ1) is 14.3. The van der Waals surface area contributed by atoms with Crippen LogP contribution >= 0.6 is 11.3 Å². The Morgan fingerprint density at radius 3 is 2.70 bits per heavy atom. The van der Waals surface area contributed by atoms with Crippen molar-refractivity contribution in [2.24, 2.45) is 0 Å². The number of hydrogen-bond donors (Lipinski definition) is 1. The summed E-state index contributed by atoms with van der Waals surface area (Å²) < 4.78 is 0. The van der Waals surface area contributed by atoms with Crippen molar-refractivity contribution in [1.82, 2.24) is 25.1 Å². The lowest BCUT2D eigenvalue weighted by molar-refractivity contribution is 0.208. The van der Waals surface area contributed by atoms with Crippen molar-refractivity contribution in [3.63, 3.8) is 0 Å². The standard InChI is InChI=1S/C14H17N7OS/c22-14(17-13-19-18-12(23-13)10-1-2-10)21-7-5-20(6-8-21)11-9-15-3-4-16-11/h3-4,9-10H,1-2,5-8H2,(H,17,19,22). The number of urea groups is 1. The number of nitrogens with zero attached hydrogens (tertiary/aromatic N) is 6. The molecule has 2 aromatic rings. The zero-order valence-electron chi connectivity index (χ0n) is 12.6. The van der Waals surface area contributed by atoms with Crippen LogP contribution in [0.4, 0.5) is 15.7 Å². The highest BCUT2D eigenvalue weighted by atomic mass is 32.1. The Bertz CT molecular complexity index is 679. The minimum atomic E-state index is -0.109. The van der Waals surface area contributed by atoms with Crippen molar-refractivity contribution in [3.8, 4) is 0 Å². The van der Waals surface area contributed by atoms with Crippen LogP contribution in [-0.2, 0) is 0 Å². The highest BCUT2D eigenvalue weighted by molar-refractivity contribution is 7.15. The SMILES string of the molecule is O=C(Nc1nnc(C2CC2)s1)N1CCN(c2cnccn2)CC1. The van der Waals surface area contributed by atoms with Crippen LogP contribution in [0.25, 0.3) is 0 Å². The molecule has 0 aromatic carbocycles. The van der Waals surface area contributed by atoms with Crippen molar-refractivity contribution in [1.29, 1.82) is 0 Å². The molecule has 3 heterocycles. The summed E-state index contributed by atoms with van der Waals surface area (Å²) in [6, 6.07) is -0.109. The number of rotatable bonds is 3. The Morgan fingerprint density at radius 2 is 2.00 bits per heavy atom. The molecule has 2 aromatic heterocycles. The van der Waals surface area contributed by atoms with Crippen LogP contribution in [0.5, 0.6) is 0 Å². The van der Waals surface area contributed by atoms with Gasteiger partial charge in [-0.2, -0.15) is 0 Å². The average molecular weight is 331 g/mol. The minimum Gasteiger partial charge on any atom is -0.352 e. The Kier molecular flexibility index (Phi) is 3.78. The summed E-state index contributed by atoms with van der Waals surface area (Å²) in [6.07, 6.45) is 7.46. The van der Waals surface area contributed by atoms with Crippen LogP contribution in [0.3, 0.4) is 0 Å². The molecule has 2 aliphatic rings. The maximum atomic E-state index is 12.3. The number of amides is 2. The zero-order chi connectivity index (χ0) is 15.6. The normalized spacial score (nSPS) is 18.1. The number of aromatic nitrogens is 4. The van der Waals surface area contributed by atoms with E-state index in [1.165, 1.54) is 24.2 Å². The summed E-state index contributed by atoms with van der Waals surface area (Å²) >= 11 is 1.48. The lowest BCUT2D eigenvalue weighted by atomic mass is 10.3. The maximum Gasteiger partial charge on any atom is 0.323 e. The highest BCUT2D eigenvalue weighted by Crippen LogP contribution is 2.42. The molecular formula is C14H17N7OS. The van der Waals surface area contributed by atoms with Crippen LogP contribution in [0.2, 0.25) is 0 Å². The van der Waals surface area contributed by atoms with Gasteiger partial charge in [0.2, 0.25) is 5.13 Å². The molecule has 0 unspecified atom stereocenters. The van der Waals surface area contributed by atoms with Crippen LogP contribution in [0.15, 0.2) is 18.6 Å². The van der Waals surface area contributed by atoms with Crippen LogP contribution < -0.4 is 10.2 Å². The molecule has 1 N–H and O–H groups in total. The number of carbonyl (C=O) groups excluding carboxylic acids is 1. The van der Waals surface area contributed by atoms with Gasteiger partial charge in [-0.3, -0.25) is 10.3 Å². The van der Waals surface area contributed by atoms with Gasteiger partial charge >= 0.3 is 6.03 Å². The Morgan fingerprint density at radius 1 is 1.17 bits per heavy atom. The topological polar surface area (TPSA) is 87.1 Å². The molecule has 0 atom stereocenters. The fraction of sp³-hybridized carbons (Fsp3) is 0.500. The van der Waals surface area contributed by atoms with Crippen LogP contribution in [0, 0.1) is 0 Å². The van der Waals surface area contributed by atoms with Gasteiger partial charge in [-0.25, -0.2) is 9.78 Å². The summed E-state index contributed by atoms with van der Waals surface area (Å²) in [6.45, 7) is 2.79. The molecule has 0 spiro atoms. The van der Waals surface area contributed by atoms with E-state index in [-0.39, 0.29) is 6.03 Å². The third kappa shape index (κ3) is 3.24. The summed E-state index contributed by atoms with van der Waals surface area (Å²) in [5.41, 5.74) is 0. The van der Waals surface area contributed by atoms with E-state index >= 15 is 0 Å². The molecule has 23 heavy (non-hydrogen) atoms. The molecule has 1 saturated heterocycles. The molecule has 120 valence electrons. The van der Waals surface area contributed by atoms with Gasteiger partial charge in [0.05, 0.1) is 6.20 Å². The molecule has 4 rings (SSSR count). The Hall–Kier alpha value is -2.29. The lowest BCUT2D eigenvalue weighted by Crippen LogP contribution is -2.50. The molecule has 1 aliphatic heterocycles. The second kappa shape index (κ2) is 6.07. The molecule has 1 saturated carbocycles. The van der Waals surface area contributed by atoms with E-state index in [2.05, 4.69) is 30.4 Å². The Balaban J connectivity index is 1.31. The van der Waals surface area contributed by atoms with Crippen molar-refractivity contribution >= 4 is 28.3 Å². The van der Waals surface area contributed by atoms with Gasteiger partial charge in [-0.05, 0) is 12.8 Å². The predicted molar refractivity (Wildman–Crippen MR) is 86.7 cm³/mol. The van der Waals surface area contributed by atoms with Crippen molar-refractivity contribution in [2.45, 2.75) is 18.8 Å². The first-order valence-electron chi connectivity index (χ1n) is 7.70. The molecular weight excluding hydrogens is 314 g/mol. The summed E-state index contributed by atoms with van der Waals surface area (Å²) in [5, 5.41) is 12.7. The van der Waals surface area contributed by atoms with E-state index in [1.54, 1.807) is 23.5 Å². The highest BCUT2D eigenvalue weighted by Gasteiger charge is 2.28. The summed E-state index contributed by atoms with van der Waals surface area (Å²) in [4.78, 5) is 24.6. The van der Waals surface area contributed by atoms with Crippen molar-refractivity contribution < 1.29 is 4.79 Å². The summed E-state index contributed by atoms with van der Waals surface area (Å²) in [7, 11) is 0. The van der Waals surface area contributed by atoms with Gasteiger partial charge in [-0.15, -0.1) is 10.2 Å². The molecule has 8 nitrogen and oxygen atoms in total. The molecule has 0 radical (unpaired) electrons. The fourth-order valence-corrected chi connectivity index (χ4v) is 3.45. The van der Waals surface area contributed by atoms with Gasteiger partial charge in [0.25, 0.3) is 0 Å². The third-order valence-electron chi connectivity index (χ3n) is 4.02. The minimum absolute atomic E-state index is 0.109. The zero-order valence-corrected chi connectivity index (χ0v) is 13.4. The third-order valence-corrected chi connectivity index (χ3v) is 5.02. The largest absolute Gasteiger partial charge is 0.352 e. The van der Waals surface area contributed by atoms with E-state index < -0.39 is 0 Å². The first-order chi connectivity index (χ1) is 11.3. The smallest absolute Gasteiger partial charge is 0.323 e. The monoisotopic (exact) mass is 331 g/mol. The maximum absolute atomic E-state index is 12.3. The van der Waals surface area contributed by atoms with E-state index in [4.69, 9.17) is 0 Å². The predicted octanol–water partition coefficient (Wildman–Crippen LogP) is 1.56. The van der Waals surface area contributed by atoms with Gasteiger partial charge in [0.15, 0.2) is 0 Å². The fourth-order valence-electron chi connectivity index (χ4n) is 2.54. The second-order valence-electron chi connectivity index (χ2n) is 5.69. The van der Waals surface area contributed by atoms with Gasteiger partial charge < -0.3 is 9.80 Å². The number of anilines is 2. The first-order valence-corrected chi connectivity index (χ1v) is 8.51. The van der Waals surface area contributed by atoms with E-state index in [0.29, 0.717) is 24.1 Å². The van der Waals surface area contributed by atoms with Gasteiger partial charge in [0.1, 0.15) is 10.8 Å². The Labute approximate surface area is 137 Å². The van der Waals surface area contributed by atoms with Gasteiger partial charge in [0, 0.05) is 44.5 Å². The van der Waals surface area contributed by atoms with Crippen LogP contribution in [0.1, 0.15) is 23.8 Å². The van der Waals surface area contributed by atoms with Crippen LogP contribution in [-0.4, -0.2) is 57.3 Å². The molecule has 1 aliphatic carbocycles. The number of nitrogens with one attached hydrogen (secondary N) is 1. The molecule has 9 heteroatoms. The van der Waals surface area contributed by atoms with E-state index in [1.807, 2.05) is 0 Å². The van der Waals surface area contributed by atoms with E-state index in [9.17, 15) is 4.79 Å². The quantitative estimate of drug-likeness (QED) is 0.918. The number of carbonyl (C=O) groups is 1. The molecule has 2 amide bonds. The average Bonchev–Trinajstić information content (AvgIpc) is 3.36. The van der Waals surface area contributed by atoms with E-state index in [0.717, 1.165) is 23.9 Å². The lowest BCUT2D eigenvalue weighted by Gasteiger charge is -2.34. The van der Waals surface area contributed by atoms with Crippen molar-refractivity contribution in [3.05, 3.63) is 23.6 Å². The molecule has 2 fully saturated rings. The molecule has 0 bridgehead atoms. The van der Waals surface area contributed by atoms with Crippen molar-refractivity contribution in [2.75, 3.05) is 36.4 Å². The number of hydrogen-bond acceptors (Lipinski definition) is 7.